The van der Waals surface area contributed by atoms with E-state index in [9.17, 15) is 4.79 Å². The molecule has 0 aliphatic carbocycles. The van der Waals surface area contributed by atoms with Crippen LogP contribution >= 0.6 is 0 Å². The zero-order valence-corrected chi connectivity index (χ0v) is 10.6. The third-order valence-electron chi connectivity index (χ3n) is 2.90. The first kappa shape index (κ1) is 12.2. The normalized spacial score (nSPS) is 12.4. The number of nitrogens with one attached hydrogen (secondary N) is 1. The Labute approximate surface area is 105 Å². The van der Waals surface area contributed by atoms with Gasteiger partial charge in [0, 0.05) is 13.2 Å². The van der Waals surface area contributed by atoms with Gasteiger partial charge in [0.1, 0.15) is 11.9 Å². The summed E-state index contributed by atoms with van der Waals surface area (Å²) in [5, 5.41) is 10.9. The van der Waals surface area contributed by atoms with E-state index >= 15 is 0 Å². The maximum absolute atomic E-state index is 12.0. The molecule has 1 amide bonds. The van der Waals surface area contributed by atoms with E-state index in [1.54, 1.807) is 30.1 Å². The highest BCUT2D eigenvalue weighted by atomic mass is 16.2. The zero-order chi connectivity index (χ0) is 13.3. The fourth-order valence-corrected chi connectivity index (χ4v) is 1.55. The fraction of sp³-hybridized carbons (Fsp3) is 0.364. The van der Waals surface area contributed by atoms with Crippen molar-refractivity contribution in [1.82, 2.24) is 19.6 Å². The lowest BCUT2D eigenvalue weighted by Gasteiger charge is -2.12. The van der Waals surface area contributed by atoms with Gasteiger partial charge in [0.15, 0.2) is 0 Å². The van der Waals surface area contributed by atoms with Gasteiger partial charge in [0.25, 0.3) is 0 Å². The summed E-state index contributed by atoms with van der Waals surface area (Å²) in [5.41, 5.74) is 7.12. The SMILES string of the molecule is Cc1c(NC(=O)C(C)n2ccc(N)n2)cnn1C. The van der Waals surface area contributed by atoms with E-state index in [4.69, 9.17) is 5.73 Å². The monoisotopic (exact) mass is 248 g/mol. The van der Waals surface area contributed by atoms with E-state index < -0.39 is 6.04 Å². The predicted octanol–water partition coefficient (Wildman–Crippen LogP) is 0.707. The highest BCUT2D eigenvalue weighted by Gasteiger charge is 2.17. The Hall–Kier alpha value is -2.31. The molecule has 0 aliphatic rings. The van der Waals surface area contributed by atoms with Crippen molar-refractivity contribution in [1.29, 1.82) is 0 Å². The summed E-state index contributed by atoms with van der Waals surface area (Å²) < 4.78 is 3.22. The molecule has 0 aliphatic heterocycles. The van der Waals surface area contributed by atoms with Crippen LogP contribution in [0.4, 0.5) is 11.5 Å². The Balaban J connectivity index is 2.10. The highest BCUT2D eigenvalue weighted by molar-refractivity contribution is 5.93. The van der Waals surface area contributed by atoms with Crippen LogP contribution in [0.25, 0.3) is 0 Å². The van der Waals surface area contributed by atoms with Crippen LogP contribution in [0.15, 0.2) is 18.5 Å². The van der Waals surface area contributed by atoms with Crippen LogP contribution in [0, 0.1) is 6.92 Å². The van der Waals surface area contributed by atoms with Crippen molar-refractivity contribution < 1.29 is 4.79 Å². The summed E-state index contributed by atoms with van der Waals surface area (Å²) in [6, 6.07) is 1.22. The number of carbonyl (C=O) groups is 1. The Morgan fingerprint density at radius 2 is 2.28 bits per heavy atom. The molecule has 96 valence electrons. The maximum atomic E-state index is 12.0. The van der Waals surface area contributed by atoms with Crippen molar-refractivity contribution in [2.75, 3.05) is 11.1 Å². The van der Waals surface area contributed by atoms with Crippen molar-refractivity contribution in [3.8, 4) is 0 Å². The molecule has 7 nitrogen and oxygen atoms in total. The van der Waals surface area contributed by atoms with E-state index in [1.165, 1.54) is 4.68 Å². The van der Waals surface area contributed by atoms with Crippen molar-refractivity contribution in [2.24, 2.45) is 7.05 Å². The van der Waals surface area contributed by atoms with Gasteiger partial charge in [-0.2, -0.15) is 10.2 Å². The predicted molar refractivity (Wildman–Crippen MR) is 67.9 cm³/mol. The van der Waals surface area contributed by atoms with E-state index in [-0.39, 0.29) is 5.91 Å². The van der Waals surface area contributed by atoms with Crippen LogP contribution in [0.2, 0.25) is 0 Å². The molecule has 2 aromatic rings. The van der Waals surface area contributed by atoms with Gasteiger partial charge in [-0.1, -0.05) is 0 Å². The van der Waals surface area contributed by atoms with E-state index in [2.05, 4.69) is 15.5 Å². The minimum atomic E-state index is -0.429. The van der Waals surface area contributed by atoms with Crippen molar-refractivity contribution in [3.05, 3.63) is 24.2 Å². The molecule has 0 bridgehead atoms. The second-order valence-corrected chi connectivity index (χ2v) is 4.15. The fourth-order valence-electron chi connectivity index (χ4n) is 1.55. The van der Waals surface area contributed by atoms with Crippen LogP contribution in [0.1, 0.15) is 18.7 Å². The summed E-state index contributed by atoms with van der Waals surface area (Å²) in [6.45, 7) is 3.65. The van der Waals surface area contributed by atoms with Gasteiger partial charge >= 0.3 is 0 Å². The van der Waals surface area contributed by atoms with E-state index in [0.717, 1.165) is 5.69 Å². The van der Waals surface area contributed by atoms with Crippen LogP contribution in [-0.2, 0) is 11.8 Å². The highest BCUT2D eigenvalue weighted by Crippen LogP contribution is 2.15. The summed E-state index contributed by atoms with van der Waals surface area (Å²) >= 11 is 0. The third kappa shape index (κ3) is 2.20. The molecule has 2 heterocycles. The van der Waals surface area contributed by atoms with Crippen molar-refractivity contribution in [3.63, 3.8) is 0 Å². The number of nitrogens with zero attached hydrogens (tertiary/aromatic N) is 4. The number of hydrogen-bond donors (Lipinski definition) is 2. The van der Waals surface area contributed by atoms with E-state index in [1.807, 2.05) is 14.0 Å². The quantitative estimate of drug-likeness (QED) is 0.836. The largest absolute Gasteiger partial charge is 0.382 e. The number of aryl methyl sites for hydroxylation is 1. The topological polar surface area (TPSA) is 90.8 Å². The molecule has 0 fully saturated rings. The molecule has 1 atom stereocenters. The molecule has 0 aromatic carbocycles. The molecular formula is C11H16N6O. The first-order valence-corrected chi connectivity index (χ1v) is 5.59. The van der Waals surface area contributed by atoms with Crippen LogP contribution < -0.4 is 11.1 Å². The molecule has 1 unspecified atom stereocenters. The number of amides is 1. The van der Waals surface area contributed by atoms with Gasteiger partial charge in [0.05, 0.1) is 17.6 Å². The van der Waals surface area contributed by atoms with Gasteiger partial charge in [0.2, 0.25) is 5.91 Å². The summed E-state index contributed by atoms with van der Waals surface area (Å²) in [7, 11) is 1.82. The summed E-state index contributed by atoms with van der Waals surface area (Å²) in [5.74, 6) is 0.237. The summed E-state index contributed by atoms with van der Waals surface area (Å²) in [6.07, 6.45) is 3.30. The molecule has 2 rings (SSSR count). The molecule has 7 heteroatoms. The second kappa shape index (κ2) is 4.52. The number of hydrogen-bond acceptors (Lipinski definition) is 4. The Morgan fingerprint density at radius 1 is 1.56 bits per heavy atom. The molecule has 18 heavy (non-hydrogen) atoms. The Bertz CT molecular complexity index is 570. The number of rotatable bonds is 3. The molecule has 2 aromatic heterocycles. The lowest BCUT2D eigenvalue weighted by Crippen LogP contribution is -2.24. The van der Waals surface area contributed by atoms with Crippen molar-refractivity contribution in [2.45, 2.75) is 19.9 Å². The van der Waals surface area contributed by atoms with Gasteiger partial charge in [-0.3, -0.25) is 14.2 Å². The Morgan fingerprint density at radius 3 is 2.78 bits per heavy atom. The number of aromatic nitrogens is 4. The zero-order valence-electron chi connectivity index (χ0n) is 10.6. The molecule has 0 radical (unpaired) electrons. The van der Waals surface area contributed by atoms with Gasteiger partial charge < -0.3 is 11.1 Å². The number of carbonyl (C=O) groups excluding carboxylic acids is 1. The van der Waals surface area contributed by atoms with Crippen LogP contribution in [0.5, 0.6) is 0 Å². The van der Waals surface area contributed by atoms with Crippen LogP contribution in [0.3, 0.4) is 0 Å². The van der Waals surface area contributed by atoms with Crippen molar-refractivity contribution >= 4 is 17.4 Å². The smallest absolute Gasteiger partial charge is 0.249 e. The minimum absolute atomic E-state index is 0.158. The molecular weight excluding hydrogens is 232 g/mol. The Kier molecular flexibility index (Phi) is 3.05. The standard InChI is InChI=1S/C11H16N6O/c1-7-9(6-13-16(7)3)14-11(18)8(2)17-5-4-10(12)15-17/h4-6,8H,1-3H3,(H2,12,15)(H,14,18). The average molecular weight is 248 g/mol. The average Bonchev–Trinajstić information content (AvgIpc) is 2.89. The van der Waals surface area contributed by atoms with E-state index in [0.29, 0.717) is 11.5 Å². The number of nitrogens with two attached hydrogens (primary N) is 1. The molecule has 3 N–H and O–H groups in total. The molecule has 0 saturated heterocycles. The first-order chi connectivity index (χ1) is 8.49. The second-order valence-electron chi connectivity index (χ2n) is 4.15. The van der Waals surface area contributed by atoms with Gasteiger partial charge in [-0.15, -0.1) is 0 Å². The maximum Gasteiger partial charge on any atom is 0.249 e. The number of anilines is 2. The lowest BCUT2D eigenvalue weighted by molar-refractivity contribution is -0.119. The number of nitrogen functional groups attached to an aromatic ring is 1. The van der Waals surface area contributed by atoms with Gasteiger partial charge in [-0.05, 0) is 19.9 Å². The molecule has 0 spiro atoms. The molecule has 0 saturated carbocycles. The first-order valence-electron chi connectivity index (χ1n) is 5.59. The minimum Gasteiger partial charge on any atom is -0.382 e. The summed E-state index contributed by atoms with van der Waals surface area (Å²) in [4.78, 5) is 12.0. The van der Waals surface area contributed by atoms with Crippen LogP contribution in [-0.4, -0.2) is 25.5 Å². The lowest BCUT2D eigenvalue weighted by atomic mass is 10.3. The third-order valence-corrected chi connectivity index (χ3v) is 2.90. The van der Waals surface area contributed by atoms with Gasteiger partial charge in [-0.25, -0.2) is 0 Å².